The van der Waals surface area contributed by atoms with Gasteiger partial charge in [-0.15, -0.1) is 11.3 Å². The van der Waals surface area contributed by atoms with Crippen LogP contribution in [0.25, 0.3) is 4.96 Å². The van der Waals surface area contributed by atoms with Crippen LogP contribution in [0, 0.1) is 6.92 Å². The molecule has 5 heteroatoms. The van der Waals surface area contributed by atoms with Gasteiger partial charge in [0.15, 0.2) is 4.96 Å². The second kappa shape index (κ2) is 5.64. The molecule has 0 atom stereocenters. The van der Waals surface area contributed by atoms with E-state index in [1.807, 2.05) is 35.8 Å². The van der Waals surface area contributed by atoms with Crippen LogP contribution in [0.15, 0.2) is 35.8 Å². The molecule has 0 aliphatic heterocycles. The monoisotopic (exact) mass is 287 g/mol. The average Bonchev–Trinajstić information content (AvgIpc) is 3.00. The average molecular weight is 287 g/mol. The van der Waals surface area contributed by atoms with Gasteiger partial charge in [-0.1, -0.05) is 24.6 Å². The predicted octanol–water partition coefficient (Wildman–Crippen LogP) is 3.61. The van der Waals surface area contributed by atoms with Crippen molar-refractivity contribution in [3.63, 3.8) is 0 Å². The zero-order chi connectivity index (χ0) is 13.9. The maximum Gasteiger partial charge on any atom is 0.243 e. The minimum absolute atomic E-state index is 0.682. The molecule has 0 radical (unpaired) electrons. The second-order valence-electron chi connectivity index (χ2n) is 4.61. The highest BCUT2D eigenvalue weighted by Crippen LogP contribution is 2.28. The Labute approximate surface area is 122 Å². The van der Waals surface area contributed by atoms with E-state index in [4.69, 9.17) is 4.74 Å². The number of aryl methyl sites for hydroxylation is 1. The molecule has 0 saturated heterocycles. The van der Waals surface area contributed by atoms with Crippen LogP contribution in [0.2, 0.25) is 0 Å². The van der Waals surface area contributed by atoms with Gasteiger partial charge in [-0.3, -0.25) is 4.40 Å². The van der Waals surface area contributed by atoms with Crippen molar-refractivity contribution in [1.82, 2.24) is 14.7 Å². The molecule has 1 aromatic carbocycles. The van der Waals surface area contributed by atoms with Gasteiger partial charge in [0.05, 0.1) is 0 Å². The van der Waals surface area contributed by atoms with E-state index >= 15 is 0 Å². The molecule has 2 aromatic heterocycles. The smallest absolute Gasteiger partial charge is 0.243 e. The minimum Gasteiger partial charge on any atom is -0.437 e. The van der Waals surface area contributed by atoms with Gasteiger partial charge in [0, 0.05) is 18.1 Å². The fourth-order valence-electron chi connectivity index (χ4n) is 2.02. The number of benzene rings is 1. The maximum absolute atomic E-state index is 5.94. The third-order valence-electron chi connectivity index (χ3n) is 3.10. The van der Waals surface area contributed by atoms with Gasteiger partial charge >= 0.3 is 0 Å². The highest BCUT2D eigenvalue weighted by atomic mass is 32.1. The van der Waals surface area contributed by atoms with E-state index in [1.54, 1.807) is 11.3 Å². The quantitative estimate of drug-likeness (QED) is 0.779. The Morgan fingerprint density at radius 1 is 1.30 bits per heavy atom. The topological polar surface area (TPSA) is 38.6 Å². The first-order valence-corrected chi connectivity index (χ1v) is 7.55. The summed E-state index contributed by atoms with van der Waals surface area (Å²) in [5.41, 5.74) is 2.28. The lowest BCUT2D eigenvalue weighted by atomic mass is 10.2. The molecule has 4 nitrogen and oxygen atoms in total. The van der Waals surface area contributed by atoms with Crippen LogP contribution in [0.1, 0.15) is 18.2 Å². The van der Waals surface area contributed by atoms with Crippen molar-refractivity contribution in [3.05, 3.63) is 47.1 Å². The molecule has 20 heavy (non-hydrogen) atoms. The Kier molecular flexibility index (Phi) is 3.71. The minimum atomic E-state index is 0.682. The van der Waals surface area contributed by atoms with Gasteiger partial charge in [0.25, 0.3) is 0 Å². The van der Waals surface area contributed by atoms with E-state index in [0.717, 1.165) is 29.5 Å². The van der Waals surface area contributed by atoms with Gasteiger partial charge in [0.1, 0.15) is 11.4 Å². The van der Waals surface area contributed by atoms with Gasteiger partial charge in [-0.05, 0) is 25.6 Å². The number of nitrogens with zero attached hydrogens (tertiary/aromatic N) is 2. The third kappa shape index (κ3) is 2.55. The highest BCUT2D eigenvalue weighted by molar-refractivity contribution is 7.15. The molecule has 0 aliphatic carbocycles. The van der Waals surface area contributed by atoms with Crippen molar-refractivity contribution >= 4 is 16.3 Å². The molecule has 1 N–H and O–H groups in total. The molecular weight excluding hydrogens is 270 g/mol. The van der Waals surface area contributed by atoms with E-state index in [9.17, 15) is 0 Å². The number of hydrogen-bond acceptors (Lipinski definition) is 4. The molecule has 104 valence electrons. The van der Waals surface area contributed by atoms with Crippen molar-refractivity contribution in [2.24, 2.45) is 0 Å². The summed E-state index contributed by atoms with van der Waals surface area (Å²) < 4.78 is 8.02. The zero-order valence-corrected chi connectivity index (χ0v) is 12.4. The standard InChI is InChI=1S/C15H17N3OS/c1-3-16-10-13-14(17-15-18(13)8-9-20-15)19-12-6-4-11(2)5-7-12/h4-9,16H,3,10H2,1-2H3. The summed E-state index contributed by atoms with van der Waals surface area (Å²) in [5.74, 6) is 1.50. The Balaban J connectivity index is 1.93. The number of rotatable bonds is 5. The van der Waals surface area contributed by atoms with E-state index in [1.165, 1.54) is 5.56 Å². The molecule has 0 bridgehead atoms. The van der Waals surface area contributed by atoms with Crippen LogP contribution in [0.5, 0.6) is 11.6 Å². The Morgan fingerprint density at radius 3 is 2.85 bits per heavy atom. The lowest BCUT2D eigenvalue weighted by Crippen LogP contribution is -2.13. The van der Waals surface area contributed by atoms with E-state index in [0.29, 0.717) is 5.88 Å². The van der Waals surface area contributed by atoms with Crippen molar-refractivity contribution < 1.29 is 4.74 Å². The Hall–Kier alpha value is -1.85. The summed E-state index contributed by atoms with van der Waals surface area (Å²) in [6.45, 7) is 5.82. The van der Waals surface area contributed by atoms with Crippen LogP contribution in [0.3, 0.4) is 0 Å². The largest absolute Gasteiger partial charge is 0.437 e. The molecule has 0 spiro atoms. The van der Waals surface area contributed by atoms with Crippen LogP contribution < -0.4 is 10.1 Å². The fraction of sp³-hybridized carbons (Fsp3) is 0.267. The number of ether oxygens (including phenoxy) is 1. The van der Waals surface area contributed by atoms with Crippen LogP contribution in [-0.4, -0.2) is 15.9 Å². The molecule has 0 aliphatic rings. The normalized spacial score (nSPS) is 11.1. The van der Waals surface area contributed by atoms with E-state index in [-0.39, 0.29) is 0 Å². The zero-order valence-electron chi connectivity index (χ0n) is 11.6. The Bertz CT molecular complexity index is 700. The van der Waals surface area contributed by atoms with Gasteiger partial charge < -0.3 is 10.1 Å². The molecule has 0 saturated carbocycles. The molecule has 3 rings (SSSR count). The van der Waals surface area contributed by atoms with E-state index < -0.39 is 0 Å². The summed E-state index contributed by atoms with van der Waals surface area (Å²) in [5, 5.41) is 5.37. The summed E-state index contributed by atoms with van der Waals surface area (Å²) in [6.07, 6.45) is 2.03. The van der Waals surface area contributed by atoms with Crippen molar-refractivity contribution in [3.8, 4) is 11.6 Å². The SMILES string of the molecule is CCNCc1c(Oc2ccc(C)cc2)nc2sccn12. The molecule has 3 aromatic rings. The first-order valence-electron chi connectivity index (χ1n) is 6.67. The first-order chi connectivity index (χ1) is 9.78. The number of fused-ring (bicyclic) bond motifs is 1. The summed E-state index contributed by atoms with van der Waals surface area (Å²) >= 11 is 1.61. The summed E-state index contributed by atoms with van der Waals surface area (Å²) in [7, 11) is 0. The molecule has 2 heterocycles. The van der Waals surface area contributed by atoms with Gasteiger partial charge in [-0.25, -0.2) is 0 Å². The van der Waals surface area contributed by atoms with E-state index in [2.05, 4.69) is 28.5 Å². The van der Waals surface area contributed by atoms with Crippen molar-refractivity contribution in [1.29, 1.82) is 0 Å². The number of nitrogens with one attached hydrogen (secondary N) is 1. The Morgan fingerprint density at radius 2 is 2.10 bits per heavy atom. The number of thiazole rings is 1. The number of aromatic nitrogens is 2. The molecule has 0 amide bonds. The van der Waals surface area contributed by atoms with Crippen LogP contribution in [0.4, 0.5) is 0 Å². The number of imidazole rings is 1. The number of hydrogen-bond donors (Lipinski definition) is 1. The molecule has 0 unspecified atom stereocenters. The first kappa shape index (κ1) is 13.1. The van der Waals surface area contributed by atoms with Crippen LogP contribution in [-0.2, 0) is 6.54 Å². The molecular formula is C15H17N3OS. The highest BCUT2D eigenvalue weighted by Gasteiger charge is 2.14. The summed E-state index contributed by atoms with van der Waals surface area (Å²) in [4.78, 5) is 5.52. The van der Waals surface area contributed by atoms with Crippen LogP contribution >= 0.6 is 11.3 Å². The lowest BCUT2D eigenvalue weighted by molar-refractivity contribution is 0.456. The second-order valence-corrected chi connectivity index (χ2v) is 5.49. The summed E-state index contributed by atoms with van der Waals surface area (Å²) in [6, 6.07) is 8.02. The maximum atomic E-state index is 5.94. The fourth-order valence-corrected chi connectivity index (χ4v) is 2.74. The third-order valence-corrected chi connectivity index (χ3v) is 3.86. The van der Waals surface area contributed by atoms with Gasteiger partial charge in [-0.2, -0.15) is 4.98 Å². The lowest BCUT2D eigenvalue weighted by Gasteiger charge is -2.07. The van der Waals surface area contributed by atoms with Crippen molar-refractivity contribution in [2.75, 3.05) is 6.54 Å². The van der Waals surface area contributed by atoms with Gasteiger partial charge in [0.2, 0.25) is 5.88 Å². The predicted molar refractivity (Wildman–Crippen MR) is 81.7 cm³/mol. The van der Waals surface area contributed by atoms with Crippen molar-refractivity contribution in [2.45, 2.75) is 20.4 Å². The molecule has 0 fully saturated rings.